The highest BCUT2D eigenvalue weighted by Crippen LogP contribution is 2.59. The average Bonchev–Trinajstić information content (AvgIpc) is 3.02. The van der Waals surface area contributed by atoms with Gasteiger partial charge in [-0.05, 0) is 30.7 Å². The van der Waals surface area contributed by atoms with E-state index in [1.54, 1.807) is 12.1 Å². The van der Waals surface area contributed by atoms with Crippen LogP contribution in [-0.4, -0.2) is 19.0 Å². The van der Waals surface area contributed by atoms with Crippen LogP contribution in [0.4, 0.5) is 0 Å². The molecular formula is C16H17ClO3. The molecule has 0 bridgehead atoms. The molecule has 1 aromatic rings. The average molecular weight is 293 g/mol. The van der Waals surface area contributed by atoms with E-state index in [9.17, 15) is 4.79 Å². The molecule has 2 fully saturated rings. The van der Waals surface area contributed by atoms with E-state index in [4.69, 9.17) is 21.1 Å². The number of rotatable bonds is 2. The molecular weight excluding hydrogens is 276 g/mol. The first kappa shape index (κ1) is 12.5. The Labute approximate surface area is 123 Å². The second-order valence-corrected chi connectivity index (χ2v) is 6.39. The quantitative estimate of drug-likeness (QED) is 0.779. The summed E-state index contributed by atoms with van der Waals surface area (Å²) in [6.45, 7) is 1.25. The van der Waals surface area contributed by atoms with Gasteiger partial charge in [0.15, 0.2) is 17.3 Å². The normalized spacial score (nSPS) is 30.6. The Hall–Kier alpha value is -1.22. The van der Waals surface area contributed by atoms with Crippen LogP contribution in [0, 0.1) is 17.8 Å². The maximum Gasteiger partial charge on any atom is 0.168 e. The number of halogens is 1. The minimum absolute atomic E-state index is 0.195. The lowest BCUT2D eigenvalue weighted by molar-refractivity contribution is 0.0951. The third kappa shape index (κ3) is 1.91. The van der Waals surface area contributed by atoms with Crippen LogP contribution in [0.3, 0.4) is 0 Å². The highest BCUT2D eigenvalue weighted by atomic mass is 35.5. The lowest BCUT2D eigenvalue weighted by Crippen LogP contribution is -2.08. The molecule has 1 aromatic carbocycles. The Kier molecular flexibility index (Phi) is 2.92. The first-order valence-corrected chi connectivity index (χ1v) is 7.77. The fraction of sp³-hybridized carbons (Fsp3) is 0.562. The van der Waals surface area contributed by atoms with E-state index in [-0.39, 0.29) is 11.7 Å². The van der Waals surface area contributed by atoms with E-state index in [1.807, 2.05) is 0 Å². The molecule has 0 N–H and O–H groups in total. The molecule has 4 heteroatoms. The SMILES string of the molecule is O=C(c1cc2c(cc1Cl)OCCCO2)C1C2CCCC21. The van der Waals surface area contributed by atoms with E-state index in [2.05, 4.69) is 0 Å². The molecule has 1 heterocycles. The Balaban J connectivity index is 1.64. The zero-order valence-corrected chi connectivity index (χ0v) is 12.0. The summed E-state index contributed by atoms with van der Waals surface area (Å²) in [4.78, 5) is 12.6. The van der Waals surface area contributed by atoms with Crippen LogP contribution in [-0.2, 0) is 0 Å². The van der Waals surface area contributed by atoms with E-state index in [0.717, 1.165) is 6.42 Å². The van der Waals surface area contributed by atoms with Crippen LogP contribution in [0.15, 0.2) is 12.1 Å². The maximum atomic E-state index is 12.6. The predicted molar refractivity (Wildman–Crippen MR) is 75.7 cm³/mol. The van der Waals surface area contributed by atoms with E-state index in [0.29, 0.717) is 47.1 Å². The van der Waals surface area contributed by atoms with Gasteiger partial charge in [0.25, 0.3) is 0 Å². The van der Waals surface area contributed by atoms with Gasteiger partial charge in [-0.3, -0.25) is 4.79 Å². The first-order chi connectivity index (χ1) is 9.75. The summed E-state index contributed by atoms with van der Waals surface area (Å²) in [7, 11) is 0. The molecule has 2 unspecified atom stereocenters. The lowest BCUT2D eigenvalue weighted by atomic mass is 10.0. The molecule has 0 radical (unpaired) electrons. The van der Waals surface area contributed by atoms with Gasteiger partial charge in [-0.1, -0.05) is 18.0 Å². The molecule has 0 amide bonds. The van der Waals surface area contributed by atoms with Gasteiger partial charge in [0.05, 0.1) is 18.2 Å². The minimum atomic E-state index is 0.195. The van der Waals surface area contributed by atoms with Crippen molar-refractivity contribution in [2.75, 3.05) is 13.2 Å². The number of hydrogen-bond donors (Lipinski definition) is 0. The maximum absolute atomic E-state index is 12.6. The number of fused-ring (bicyclic) bond motifs is 2. The molecule has 0 spiro atoms. The van der Waals surface area contributed by atoms with Crippen molar-refractivity contribution in [1.29, 1.82) is 0 Å². The molecule has 3 nitrogen and oxygen atoms in total. The van der Waals surface area contributed by atoms with E-state index in [1.165, 1.54) is 19.3 Å². The van der Waals surface area contributed by atoms with Gasteiger partial charge < -0.3 is 9.47 Å². The van der Waals surface area contributed by atoms with Crippen LogP contribution < -0.4 is 9.47 Å². The molecule has 1 aliphatic heterocycles. The van der Waals surface area contributed by atoms with Gasteiger partial charge >= 0.3 is 0 Å². The van der Waals surface area contributed by atoms with Crippen molar-refractivity contribution in [3.05, 3.63) is 22.7 Å². The largest absolute Gasteiger partial charge is 0.490 e. The molecule has 4 rings (SSSR count). The van der Waals surface area contributed by atoms with Crippen molar-refractivity contribution in [2.45, 2.75) is 25.7 Å². The lowest BCUT2D eigenvalue weighted by Gasteiger charge is -2.11. The molecule has 2 atom stereocenters. The summed E-state index contributed by atoms with van der Waals surface area (Å²) in [6, 6.07) is 3.51. The second-order valence-electron chi connectivity index (χ2n) is 5.98. The summed E-state index contributed by atoms with van der Waals surface area (Å²) >= 11 is 6.28. The summed E-state index contributed by atoms with van der Waals surface area (Å²) in [6.07, 6.45) is 4.52. The highest BCUT2D eigenvalue weighted by molar-refractivity contribution is 6.34. The number of hydrogen-bond acceptors (Lipinski definition) is 3. The van der Waals surface area contributed by atoms with Gasteiger partial charge in [0, 0.05) is 24.0 Å². The number of benzene rings is 1. The zero-order chi connectivity index (χ0) is 13.7. The van der Waals surface area contributed by atoms with Gasteiger partial charge in [0.1, 0.15) is 0 Å². The molecule has 0 aromatic heterocycles. The van der Waals surface area contributed by atoms with Crippen molar-refractivity contribution in [2.24, 2.45) is 17.8 Å². The Morgan fingerprint density at radius 3 is 2.40 bits per heavy atom. The third-order valence-electron chi connectivity index (χ3n) is 4.81. The van der Waals surface area contributed by atoms with Crippen molar-refractivity contribution in [3.8, 4) is 11.5 Å². The number of ether oxygens (including phenoxy) is 2. The molecule has 20 heavy (non-hydrogen) atoms. The van der Waals surface area contributed by atoms with Gasteiger partial charge in [-0.2, -0.15) is 0 Å². The summed E-state index contributed by atoms with van der Waals surface area (Å²) < 4.78 is 11.2. The first-order valence-electron chi connectivity index (χ1n) is 7.39. The smallest absolute Gasteiger partial charge is 0.168 e. The molecule has 106 valence electrons. The van der Waals surface area contributed by atoms with Crippen LogP contribution >= 0.6 is 11.6 Å². The van der Waals surface area contributed by atoms with Crippen molar-refractivity contribution in [1.82, 2.24) is 0 Å². The van der Waals surface area contributed by atoms with Crippen molar-refractivity contribution in [3.63, 3.8) is 0 Å². The van der Waals surface area contributed by atoms with Crippen molar-refractivity contribution >= 4 is 17.4 Å². The Morgan fingerprint density at radius 1 is 1.05 bits per heavy atom. The van der Waals surface area contributed by atoms with Gasteiger partial charge in [0.2, 0.25) is 0 Å². The van der Waals surface area contributed by atoms with Gasteiger partial charge in [-0.15, -0.1) is 0 Å². The standard InChI is InChI=1S/C16H17ClO3/c17-12-8-14-13(19-5-2-6-20-14)7-11(12)16(18)15-9-3-1-4-10(9)15/h7-10,15H,1-6H2. The second kappa shape index (κ2) is 4.66. The molecule has 3 aliphatic rings. The third-order valence-corrected chi connectivity index (χ3v) is 5.12. The van der Waals surface area contributed by atoms with Crippen LogP contribution in [0.2, 0.25) is 5.02 Å². The summed E-state index contributed by atoms with van der Waals surface area (Å²) in [5.41, 5.74) is 0.607. The Morgan fingerprint density at radius 2 is 1.70 bits per heavy atom. The van der Waals surface area contributed by atoms with Crippen LogP contribution in [0.25, 0.3) is 0 Å². The van der Waals surface area contributed by atoms with Crippen LogP contribution in [0.5, 0.6) is 11.5 Å². The zero-order valence-electron chi connectivity index (χ0n) is 11.2. The summed E-state index contributed by atoms with van der Waals surface area (Å²) in [5, 5.41) is 0.490. The van der Waals surface area contributed by atoms with Gasteiger partial charge in [-0.25, -0.2) is 0 Å². The number of carbonyl (C=O) groups is 1. The number of carbonyl (C=O) groups excluding carboxylic acids is 1. The fourth-order valence-electron chi connectivity index (χ4n) is 3.76. The minimum Gasteiger partial charge on any atom is -0.490 e. The summed E-state index contributed by atoms with van der Waals surface area (Å²) in [5.74, 6) is 2.91. The topological polar surface area (TPSA) is 35.5 Å². The van der Waals surface area contributed by atoms with E-state index >= 15 is 0 Å². The number of Topliss-reactive ketones (excluding diaryl/α,β-unsaturated/α-hetero) is 1. The fourth-order valence-corrected chi connectivity index (χ4v) is 4.01. The van der Waals surface area contributed by atoms with E-state index < -0.39 is 0 Å². The number of ketones is 1. The van der Waals surface area contributed by atoms with Crippen LogP contribution in [0.1, 0.15) is 36.0 Å². The molecule has 2 aliphatic carbocycles. The highest BCUT2D eigenvalue weighted by Gasteiger charge is 2.56. The molecule has 2 saturated carbocycles. The predicted octanol–water partition coefficient (Wildman–Crippen LogP) is 3.73. The molecule has 0 saturated heterocycles. The monoisotopic (exact) mass is 292 g/mol. The Bertz CT molecular complexity index is 559. The van der Waals surface area contributed by atoms with Crippen molar-refractivity contribution < 1.29 is 14.3 Å².